The van der Waals surface area contributed by atoms with Gasteiger partial charge in [0.1, 0.15) is 11.3 Å². The molecule has 0 saturated carbocycles. The zero-order valence-electron chi connectivity index (χ0n) is 12.4. The van der Waals surface area contributed by atoms with Gasteiger partial charge >= 0.3 is 5.97 Å². The summed E-state index contributed by atoms with van der Waals surface area (Å²) in [6, 6.07) is 7.48. The smallest absolute Gasteiger partial charge is 0.330 e. The van der Waals surface area contributed by atoms with Crippen molar-refractivity contribution in [3.05, 3.63) is 28.7 Å². The van der Waals surface area contributed by atoms with E-state index in [1.165, 1.54) is 7.11 Å². The highest BCUT2D eigenvalue weighted by Gasteiger charge is 2.30. The summed E-state index contributed by atoms with van der Waals surface area (Å²) in [6.07, 6.45) is 0.857. The van der Waals surface area contributed by atoms with Gasteiger partial charge in [0.25, 0.3) is 0 Å². The quantitative estimate of drug-likeness (QED) is 0.601. The van der Waals surface area contributed by atoms with Crippen LogP contribution in [0.5, 0.6) is 5.75 Å². The predicted octanol–water partition coefficient (Wildman–Crippen LogP) is 2.68. The molecule has 1 amide bonds. The molecule has 21 heavy (non-hydrogen) atoms. The van der Waals surface area contributed by atoms with E-state index >= 15 is 0 Å². The van der Waals surface area contributed by atoms with Crippen LogP contribution >= 0.6 is 15.9 Å². The summed E-state index contributed by atoms with van der Waals surface area (Å²) in [5.74, 6) is 0.0836. The summed E-state index contributed by atoms with van der Waals surface area (Å²) in [5.41, 5.74) is -1.02. The molecule has 0 spiro atoms. The van der Waals surface area contributed by atoms with Gasteiger partial charge in [-0.2, -0.15) is 0 Å². The third kappa shape index (κ3) is 6.16. The van der Waals surface area contributed by atoms with Gasteiger partial charge in [-0.25, -0.2) is 4.79 Å². The van der Waals surface area contributed by atoms with Crippen molar-refractivity contribution in [3.63, 3.8) is 0 Å². The van der Waals surface area contributed by atoms with E-state index in [4.69, 9.17) is 4.74 Å². The van der Waals surface area contributed by atoms with Crippen molar-refractivity contribution in [2.75, 3.05) is 13.7 Å². The van der Waals surface area contributed by atoms with Crippen LogP contribution in [0.1, 0.15) is 26.7 Å². The number of carbonyl (C=O) groups is 2. The molecule has 0 aliphatic rings. The van der Waals surface area contributed by atoms with Crippen LogP contribution in [0.15, 0.2) is 28.7 Å². The lowest BCUT2D eigenvalue weighted by molar-refractivity contribution is -0.149. The first-order chi connectivity index (χ1) is 9.85. The number of rotatable bonds is 7. The maximum absolute atomic E-state index is 11.8. The van der Waals surface area contributed by atoms with Gasteiger partial charge in [-0.3, -0.25) is 4.79 Å². The molecule has 5 nitrogen and oxygen atoms in total. The molecule has 1 rings (SSSR count). The predicted molar refractivity (Wildman–Crippen MR) is 83.1 cm³/mol. The van der Waals surface area contributed by atoms with Crippen molar-refractivity contribution >= 4 is 27.8 Å². The number of esters is 1. The molecule has 116 valence electrons. The first kappa shape index (κ1) is 17.5. The van der Waals surface area contributed by atoms with Crippen molar-refractivity contribution in [1.29, 1.82) is 0 Å². The molecule has 0 bridgehead atoms. The number of benzene rings is 1. The Kier molecular flexibility index (Phi) is 6.68. The van der Waals surface area contributed by atoms with E-state index in [1.54, 1.807) is 13.8 Å². The minimum atomic E-state index is -1.02. The molecule has 1 aromatic rings. The molecular formula is C15H20BrNO4. The lowest BCUT2D eigenvalue weighted by Gasteiger charge is -2.23. The average molecular weight is 358 g/mol. The van der Waals surface area contributed by atoms with Crippen LogP contribution in [0.4, 0.5) is 0 Å². The molecule has 0 radical (unpaired) electrons. The summed E-state index contributed by atoms with van der Waals surface area (Å²) in [5, 5.41) is 2.64. The Balaban J connectivity index is 2.27. The number of hydrogen-bond acceptors (Lipinski definition) is 4. The van der Waals surface area contributed by atoms with Crippen LogP contribution in [-0.4, -0.2) is 31.1 Å². The van der Waals surface area contributed by atoms with E-state index in [0.29, 0.717) is 13.0 Å². The van der Waals surface area contributed by atoms with Gasteiger partial charge in [-0.05, 0) is 44.5 Å². The Morgan fingerprint density at radius 1 is 1.24 bits per heavy atom. The highest BCUT2D eigenvalue weighted by molar-refractivity contribution is 9.10. The molecule has 0 aromatic heterocycles. The second-order valence-electron chi connectivity index (χ2n) is 5.07. The third-order valence-electron chi connectivity index (χ3n) is 2.78. The van der Waals surface area contributed by atoms with Crippen molar-refractivity contribution < 1.29 is 19.1 Å². The fourth-order valence-corrected chi connectivity index (χ4v) is 1.94. The van der Waals surface area contributed by atoms with Gasteiger partial charge in [0.05, 0.1) is 13.7 Å². The van der Waals surface area contributed by atoms with Crippen LogP contribution in [0.3, 0.4) is 0 Å². The Morgan fingerprint density at radius 3 is 2.43 bits per heavy atom. The topological polar surface area (TPSA) is 64.6 Å². The van der Waals surface area contributed by atoms with Gasteiger partial charge in [-0.1, -0.05) is 15.9 Å². The fourth-order valence-electron chi connectivity index (χ4n) is 1.67. The monoisotopic (exact) mass is 357 g/mol. The first-order valence-electron chi connectivity index (χ1n) is 6.63. The van der Waals surface area contributed by atoms with Gasteiger partial charge in [-0.15, -0.1) is 0 Å². The van der Waals surface area contributed by atoms with E-state index in [2.05, 4.69) is 26.0 Å². The molecule has 0 saturated heterocycles. The number of nitrogens with one attached hydrogen (secondary N) is 1. The minimum Gasteiger partial charge on any atom is -0.494 e. The van der Waals surface area contributed by atoms with Crippen LogP contribution < -0.4 is 10.1 Å². The minimum absolute atomic E-state index is 0.204. The largest absolute Gasteiger partial charge is 0.494 e. The molecule has 0 aliphatic heterocycles. The summed E-state index contributed by atoms with van der Waals surface area (Å²) in [7, 11) is 1.29. The molecule has 0 atom stereocenters. The standard InChI is InChI=1S/C15H20BrNO4/c1-15(2,14(19)20-3)17-13(18)5-4-10-21-12-8-6-11(16)7-9-12/h6-9H,4-5,10H2,1-3H3,(H,17,18). The fraction of sp³-hybridized carbons (Fsp3) is 0.467. The summed E-state index contributed by atoms with van der Waals surface area (Å²) in [4.78, 5) is 23.2. The van der Waals surface area contributed by atoms with E-state index in [9.17, 15) is 9.59 Å². The van der Waals surface area contributed by atoms with Crippen LogP contribution in [0.2, 0.25) is 0 Å². The highest BCUT2D eigenvalue weighted by atomic mass is 79.9. The molecule has 1 aromatic carbocycles. The van der Waals surface area contributed by atoms with E-state index in [0.717, 1.165) is 10.2 Å². The van der Waals surface area contributed by atoms with Crippen molar-refractivity contribution in [3.8, 4) is 5.75 Å². The number of methoxy groups -OCH3 is 1. The first-order valence-corrected chi connectivity index (χ1v) is 7.42. The maximum Gasteiger partial charge on any atom is 0.330 e. The third-order valence-corrected chi connectivity index (χ3v) is 3.31. The second-order valence-corrected chi connectivity index (χ2v) is 5.99. The van der Waals surface area contributed by atoms with Gasteiger partial charge < -0.3 is 14.8 Å². The Labute approximate surface area is 133 Å². The lowest BCUT2D eigenvalue weighted by Crippen LogP contribution is -2.50. The van der Waals surface area contributed by atoms with Crippen molar-refractivity contribution in [2.24, 2.45) is 0 Å². The molecule has 1 N–H and O–H groups in total. The van der Waals surface area contributed by atoms with Crippen molar-refractivity contribution in [1.82, 2.24) is 5.32 Å². The zero-order chi connectivity index (χ0) is 15.9. The Bertz CT molecular complexity index is 485. The second kappa shape index (κ2) is 8.02. The Hall–Kier alpha value is -1.56. The van der Waals surface area contributed by atoms with Gasteiger partial charge in [0.15, 0.2) is 0 Å². The summed E-state index contributed by atoms with van der Waals surface area (Å²) < 4.78 is 11.1. The van der Waals surface area contributed by atoms with Crippen molar-refractivity contribution in [2.45, 2.75) is 32.2 Å². The average Bonchev–Trinajstić information content (AvgIpc) is 2.44. The normalized spacial score (nSPS) is 10.9. The highest BCUT2D eigenvalue weighted by Crippen LogP contribution is 2.16. The zero-order valence-corrected chi connectivity index (χ0v) is 14.0. The number of hydrogen-bond donors (Lipinski definition) is 1. The van der Waals surface area contributed by atoms with Crippen LogP contribution in [0.25, 0.3) is 0 Å². The number of carbonyl (C=O) groups excluding carboxylic acids is 2. The molecule has 0 aliphatic carbocycles. The molecule has 6 heteroatoms. The van der Waals surface area contributed by atoms with E-state index < -0.39 is 11.5 Å². The lowest BCUT2D eigenvalue weighted by atomic mass is 10.1. The van der Waals surface area contributed by atoms with Gasteiger partial charge in [0, 0.05) is 10.9 Å². The van der Waals surface area contributed by atoms with E-state index in [1.807, 2.05) is 24.3 Å². The number of ether oxygens (including phenoxy) is 2. The maximum atomic E-state index is 11.8. The Morgan fingerprint density at radius 2 is 1.86 bits per heavy atom. The number of amides is 1. The van der Waals surface area contributed by atoms with Gasteiger partial charge in [0.2, 0.25) is 5.91 Å². The molecule has 0 heterocycles. The molecule has 0 fully saturated rings. The SMILES string of the molecule is COC(=O)C(C)(C)NC(=O)CCCOc1ccc(Br)cc1. The number of halogens is 1. The van der Waals surface area contributed by atoms with Crippen LogP contribution in [-0.2, 0) is 14.3 Å². The van der Waals surface area contributed by atoms with Crippen LogP contribution in [0, 0.1) is 0 Å². The molecular weight excluding hydrogens is 338 g/mol. The summed E-state index contributed by atoms with van der Waals surface area (Å²) in [6.45, 7) is 3.65. The molecule has 0 unspecified atom stereocenters. The summed E-state index contributed by atoms with van der Waals surface area (Å²) >= 11 is 3.35. The van der Waals surface area contributed by atoms with E-state index in [-0.39, 0.29) is 12.3 Å².